The van der Waals surface area contributed by atoms with Gasteiger partial charge in [0.15, 0.2) is 0 Å². The van der Waals surface area contributed by atoms with Crippen molar-refractivity contribution < 1.29 is 52.8 Å². The van der Waals surface area contributed by atoms with Crippen molar-refractivity contribution in [3.8, 4) is 5.75 Å². The molecule has 0 saturated heterocycles. The molecule has 3 N–H and O–H groups in total. The molecule has 7 amide bonds. The Morgan fingerprint density at radius 1 is 0.827 bits per heavy atom. The number of anilines is 1. The molecule has 0 saturated carbocycles. The lowest BCUT2D eigenvalue weighted by Crippen LogP contribution is -2.52. The monoisotopic (exact) mass is 718 g/mol. The van der Waals surface area contributed by atoms with Crippen LogP contribution in [0.2, 0.25) is 0 Å². The average Bonchev–Trinajstić information content (AvgIpc) is 3.61. The highest BCUT2D eigenvalue weighted by Crippen LogP contribution is 2.19. The fourth-order valence-electron chi connectivity index (χ4n) is 5.04. The standard InChI is InChI=1S/C34H34N6O12/c1-20(2)32(37-26(41)12-9-24(39-30(45)15-16-31(39)46)18-38-28(43)13-14-29(38)44)33(47)35-17-27(42)36-22-5-3-21(4-6-22)19-51-34(48)52-25-10-7-23(8-11-25)40(49)50/h3-8,10-11,13-16,20,24,32H,9,12,17-19H2,1-2H3,(H,35,47)(H,36,42)(H,37,41). The largest absolute Gasteiger partial charge is 0.514 e. The highest BCUT2D eigenvalue weighted by Gasteiger charge is 2.36. The first-order chi connectivity index (χ1) is 24.7. The van der Waals surface area contributed by atoms with Crippen LogP contribution >= 0.6 is 0 Å². The van der Waals surface area contributed by atoms with Gasteiger partial charge in [-0.3, -0.25) is 53.5 Å². The van der Waals surface area contributed by atoms with Gasteiger partial charge in [0.1, 0.15) is 18.4 Å². The van der Waals surface area contributed by atoms with Crippen molar-refractivity contribution >= 4 is 58.9 Å². The maximum atomic E-state index is 13.0. The van der Waals surface area contributed by atoms with E-state index in [0.29, 0.717) is 11.3 Å². The molecule has 52 heavy (non-hydrogen) atoms. The molecule has 0 bridgehead atoms. The summed E-state index contributed by atoms with van der Waals surface area (Å²) in [5.74, 6) is -4.68. The van der Waals surface area contributed by atoms with Gasteiger partial charge in [0, 0.05) is 48.5 Å². The Balaban J connectivity index is 1.22. The van der Waals surface area contributed by atoms with Crippen LogP contribution in [0.5, 0.6) is 5.75 Å². The van der Waals surface area contributed by atoms with E-state index >= 15 is 0 Å². The van der Waals surface area contributed by atoms with E-state index < -0.39 is 77.0 Å². The Kier molecular flexibility index (Phi) is 12.7. The number of non-ortho nitro benzene ring substituents is 1. The number of amides is 7. The fourth-order valence-corrected chi connectivity index (χ4v) is 5.04. The fraction of sp³-hybridized carbons (Fsp3) is 0.294. The van der Waals surface area contributed by atoms with Crippen LogP contribution in [0.25, 0.3) is 0 Å². The van der Waals surface area contributed by atoms with Crippen LogP contribution < -0.4 is 20.7 Å². The molecule has 0 radical (unpaired) electrons. The van der Waals surface area contributed by atoms with Crippen LogP contribution in [0, 0.1) is 16.0 Å². The second-order valence-corrected chi connectivity index (χ2v) is 11.8. The summed E-state index contributed by atoms with van der Waals surface area (Å²) in [5.41, 5.74) is 0.763. The molecule has 18 heteroatoms. The molecule has 2 atom stereocenters. The highest BCUT2D eigenvalue weighted by atomic mass is 16.7. The third kappa shape index (κ3) is 10.4. The van der Waals surface area contributed by atoms with Crippen LogP contribution in [0.15, 0.2) is 72.8 Å². The van der Waals surface area contributed by atoms with Gasteiger partial charge in [-0.15, -0.1) is 0 Å². The molecule has 0 fully saturated rings. The molecule has 2 aliphatic rings. The molecule has 0 spiro atoms. The third-order valence-electron chi connectivity index (χ3n) is 7.74. The van der Waals surface area contributed by atoms with Crippen molar-refractivity contribution in [2.75, 3.05) is 18.4 Å². The predicted molar refractivity (Wildman–Crippen MR) is 179 cm³/mol. The topological polar surface area (TPSA) is 241 Å². The Bertz CT molecular complexity index is 1780. The Labute approximate surface area is 295 Å². The molecule has 18 nitrogen and oxygen atoms in total. The molecule has 0 aromatic heterocycles. The van der Waals surface area contributed by atoms with Crippen molar-refractivity contribution in [3.05, 3.63) is 88.5 Å². The average molecular weight is 719 g/mol. The zero-order valence-electron chi connectivity index (χ0n) is 27.9. The van der Waals surface area contributed by atoms with E-state index in [9.17, 15) is 48.5 Å². The van der Waals surface area contributed by atoms with E-state index in [1.54, 1.807) is 26.0 Å². The molecule has 2 aromatic carbocycles. The van der Waals surface area contributed by atoms with Gasteiger partial charge in [0.2, 0.25) is 17.7 Å². The zero-order chi connectivity index (χ0) is 37.9. The number of rotatable bonds is 16. The van der Waals surface area contributed by atoms with Crippen LogP contribution in [0.4, 0.5) is 16.2 Å². The van der Waals surface area contributed by atoms with E-state index in [1.165, 1.54) is 36.4 Å². The number of nitrogens with zero attached hydrogens (tertiary/aromatic N) is 3. The van der Waals surface area contributed by atoms with Gasteiger partial charge in [0.25, 0.3) is 29.3 Å². The molecule has 2 aliphatic heterocycles. The zero-order valence-corrected chi connectivity index (χ0v) is 27.9. The number of benzene rings is 2. The molecule has 0 aliphatic carbocycles. The van der Waals surface area contributed by atoms with Gasteiger partial charge in [-0.25, -0.2) is 4.79 Å². The van der Waals surface area contributed by atoms with E-state index in [-0.39, 0.29) is 37.4 Å². The summed E-state index contributed by atoms with van der Waals surface area (Å²) >= 11 is 0. The number of hydrogen-bond donors (Lipinski definition) is 3. The van der Waals surface area contributed by atoms with Crippen LogP contribution in [0.3, 0.4) is 0 Å². The minimum atomic E-state index is -1.05. The maximum Gasteiger partial charge on any atom is 0.514 e. The summed E-state index contributed by atoms with van der Waals surface area (Å²) in [6.07, 6.45) is 2.84. The molecule has 4 rings (SSSR count). The number of nitro groups is 1. The smallest absolute Gasteiger partial charge is 0.429 e. The van der Waals surface area contributed by atoms with Gasteiger partial charge in [-0.05, 0) is 42.2 Å². The maximum absolute atomic E-state index is 13.0. The summed E-state index contributed by atoms with van der Waals surface area (Å²) < 4.78 is 10.0. The minimum absolute atomic E-state index is 0.0602. The SMILES string of the molecule is CC(C)C(NC(=O)CCC(CN1C(=O)C=CC1=O)N1C(=O)C=CC1=O)C(=O)NCC(=O)Nc1ccc(COC(=O)Oc2ccc([N+](=O)[O-])cc2)cc1. The predicted octanol–water partition coefficient (Wildman–Crippen LogP) is 1.50. The van der Waals surface area contributed by atoms with Crippen LogP contribution in [-0.2, 0) is 44.9 Å². The third-order valence-corrected chi connectivity index (χ3v) is 7.74. The quantitative estimate of drug-likeness (QED) is 0.0736. The molecular weight excluding hydrogens is 684 g/mol. The first-order valence-corrected chi connectivity index (χ1v) is 15.9. The second-order valence-electron chi connectivity index (χ2n) is 11.8. The number of nitrogens with one attached hydrogen (secondary N) is 3. The number of ether oxygens (including phenoxy) is 2. The lowest BCUT2D eigenvalue weighted by molar-refractivity contribution is -0.384. The van der Waals surface area contributed by atoms with Gasteiger partial charge in [-0.2, -0.15) is 0 Å². The Morgan fingerprint density at radius 3 is 2.00 bits per heavy atom. The molecule has 2 heterocycles. The molecule has 2 aromatic rings. The Morgan fingerprint density at radius 2 is 1.42 bits per heavy atom. The molecule has 2 unspecified atom stereocenters. The van der Waals surface area contributed by atoms with Crippen LogP contribution in [-0.4, -0.2) is 87.4 Å². The summed E-state index contributed by atoms with van der Waals surface area (Å²) in [4.78, 5) is 111. The first kappa shape index (κ1) is 38.1. The molecular formula is C34H34N6O12. The van der Waals surface area contributed by atoms with Crippen molar-refractivity contribution in [1.82, 2.24) is 20.4 Å². The van der Waals surface area contributed by atoms with E-state index in [0.717, 1.165) is 34.1 Å². The number of hydrogen-bond acceptors (Lipinski definition) is 12. The summed E-state index contributed by atoms with van der Waals surface area (Å²) in [5, 5.41) is 18.4. The summed E-state index contributed by atoms with van der Waals surface area (Å²) in [6.45, 7) is 2.45. The van der Waals surface area contributed by atoms with E-state index in [4.69, 9.17) is 9.47 Å². The summed E-state index contributed by atoms with van der Waals surface area (Å²) in [7, 11) is 0. The van der Waals surface area contributed by atoms with Gasteiger partial charge in [-0.1, -0.05) is 26.0 Å². The van der Waals surface area contributed by atoms with Gasteiger partial charge < -0.3 is 25.4 Å². The van der Waals surface area contributed by atoms with Crippen molar-refractivity contribution in [2.45, 2.75) is 45.4 Å². The highest BCUT2D eigenvalue weighted by molar-refractivity contribution is 6.14. The van der Waals surface area contributed by atoms with E-state index in [1.807, 2.05) is 0 Å². The van der Waals surface area contributed by atoms with Crippen molar-refractivity contribution in [2.24, 2.45) is 5.92 Å². The van der Waals surface area contributed by atoms with Gasteiger partial charge >= 0.3 is 6.16 Å². The summed E-state index contributed by atoms with van der Waals surface area (Å²) in [6, 6.07) is 9.05. The van der Waals surface area contributed by atoms with Crippen LogP contribution in [0.1, 0.15) is 32.3 Å². The Hall–Kier alpha value is -6.72. The van der Waals surface area contributed by atoms with Crippen molar-refractivity contribution in [1.29, 1.82) is 0 Å². The first-order valence-electron chi connectivity index (χ1n) is 15.9. The number of nitro benzene ring substituents is 1. The van der Waals surface area contributed by atoms with E-state index in [2.05, 4.69) is 16.0 Å². The molecule has 272 valence electrons. The number of carbonyl (C=O) groups is 8. The number of imide groups is 2. The normalized spacial score (nSPS) is 14.8. The lowest BCUT2D eigenvalue weighted by atomic mass is 10.0. The second kappa shape index (κ2) is 17.3. The van der Waals surface area contributed by atoms with Crippen molar-refractivity contribution in [3.63, 3.8) is 0 Å². The van der Waals surface area contributed by atoms with Gasteiger partial charge in [0.05, 0.1) is 24.1 Å². The minimum Gasteiger partial charge on any atom is -0.429 e. The number of carbonyl (C=O) groups excluding carboxylic acids is 8. The lowest BCUT2D eigenvalue weighted by Gasteiger charge is -2.29.